The third-order valence-electron chi connectivity index (χ3n) is 5.83. The van der Waals surface area contributed by atoms with Crippen molar-refractivity contribution in [2.45, 2.75) is 18.8 Å². The quantitative estimate of drug-likeness (QED) is 0.417. The van der Waals surface area contributed by atoms with E-state index in [1.807, 2.05) is 48.5 Å². The number of fused-ring (bicyclic) bond motifs is 4. The molecule has 7 nitrogen and oxygen atoms in total. The first kappa shape index (κ1) is 18.5. The fraction of sp³-hybridized carbons (Fsp3) is 0.120. The average Bonchev–Trinajstić information content (AvgIpc) is 3.23. The normalized spacial score (nSPS) is 16.6. The molecule has 1 unspecified atom stereocenters. The molecule has 0 aliphatic carbocycles. The number of carbonyl (C=O) groups excluding carboxylic acids is 2. The maximum absolute atomic E-state index is 12.5. The number of pyridine rings is 2. The van der Waals surface area contributed by atoms with Crippen LogP contribution < -0.4 is 10.1 Å². The summed E-state index contributed by atoms with van der Waals surface area (Å²) in [5, 5.41) is 5.05. The largest absolute Gasteiger partial charge is 0.464 e. The number of carbonyl (C=O) groups is 2. The summed E-state index contributed by atoms with van der Waals surface area (Å²) < 4.78 is 11.8. The lowest BCUT2D eigenvalue weighted by Crippen LogP contribution is -2.39. The molecule has 1 fully saturated rings. The monoisotopic (exact) mass is 423 g/mol. The van der Waals surface area contributed by atoms with Gasteiger partial charge in [0.2, 0.25) is 11.8 Å². The van der Waals surface area contributed by atoms with Crippen LogP contribution in [0.2, 0.25) is 0 Å². The third kappa shape index (κ3) is 3.06. The number of ether oxygens (including phenoxy) is 1. The van der Waals surface area contributed by atoms with E-state index in [1.165, 1.54) is 0 Å². The van der Waals surface area contributed by atoms with Crippen molar-refractivity contribution in [3.8, 4) is 11.5 Å². The Morgan fingerprint density at radius 2 is 1.91 bits per heavy atom. The molecule has 1 N–H and O–H groups in total. The van der Waals surface area contributed by atoms with Gasteiger partial charge in [-0.1, -0.05) is 6.07 Å². The summed E-state index contributed by atoms with van der Waals surface area (Å²) in [5.74, 6) is 0.259. The fourth-order valence-electron chi connectivity index (χ4n) is 4.30. The van der Waals surface area contributed by atoms with Gasteiger partial charge >= 0.3 is 0 Å². The number of nitrogens with one attached hydrogen (secondary N) is 1. The van der Waals surface area contributed by atoms with E-state index < -0.39 is 5.92 Å². The number of amides is 2. The molecule has 2 aromatic carbocycles. The average molecular weight is 423 g/mol. The highest BCUT2D eigenvalue weighted by molar-refractivity contribution is 6.10. The number of benzene rings is 2. The summed E-state index contributed by atoms with van der Waals surface area (Å²) in [7, 11) is 0. The van der Waals surface area contributed by atoms with E-state index in [4.69, 9.17) is 9.15 Å². The van der Waals surface area contributed by atoms with E-state index >= 15 is 0 Å². The Balaban J connectivity index is 1.44. The molecule has 2 amide bonds. The molecule has 6 rings (SSSR count). The molecule has 1 saturated heterocycles. The number of hydrogen-bond acceptors (Lipinski definition) is 6. The first-order valence-corrected chi connectivity index (χ1v) is 10.3. The summed E-state index contributed by atoms with van der Waals surface area (Å²) in [5.41, 5.74) is 3.08. The van der Waals surface area contributed by atoms with Crippen molar-refractivity contribution in [3.63, 3.8) is 0 Å². The minimum atomic E-state index is -0.447. The predicted molar refractivity (Wildman–Crippen MR) is 118 cm³/mol. The Morgan fingerprint density at radius 1 is 1.00 bits per heavy atom. The molecule has 0 saturated carbocycles. The first-order chi connectivity index (χ1) is 15.7. The van der Waals surface area contributed by atoms with E-state index in [0.717, 1.165) is 32.8 Å². The summed E-state index contributed by atoms with van der Waals surface area (Å²) >= 11 is 0. The van der Waals surface area contributed by atoms with Crippen molar-refractivity contribution in [2.24, 2.45) is 0 Å². The Kier molecular flexibility index (Phi) is 4.14. The standard InChI is InChI=1S/C25H17N3O4/c29-23-8-4-17(25(30)28-23)19-13-31-22-7-6-21-18(24(19)22)11-16(12-27-21)32-15-3-5-20-14(10-15)2-1-9-26-20/h1-3,5-7,9-13,17H,4,8H2,(H,28,29,30). The third-order valence-corrected chi connectivity index (χ3v) is 5.83. The molecule has 5 aromatic rings. The molecule has 32 heavy (non-hydrogen) atoms. The molecular weight excluding hydrogens is 406 g/mol. The van der Waals surface area contributed by atoms with Crippen LogP contribution >= 0.6 is 0 Å². The number of rotatable bonds is 3. The van der Waals surface area contributed by atoms with Gasteiger partial charge in [-0.2, -0.15) is 0 Å². The molecule has 4 heterocycles. The van der Waals surface area contributed by atoms with Gasteiger partial charge in [0, 0.05) is 34.3 Å². The summed E-state index contributed by atoms with van der Waals surface area (Å²) in [6, 6.07) is 15.2. The second-order valence-corrected chi connectivity index (χ2v) is 7.83. The number of piperidine rings is 1. The van der Waals surface area contributed by atoms with E-state index in [2.05, 4.69) is 15.3 Å². The van der Waals surface area contributed by atoms with Crippen molar-refractivity contribution in [2.75, 3.05) is 0 Å². The highest BCUT2D eigenvalue weighted by Crippen LogP contribution is 2.38. The molecular formula is C25H17N3O4. The van der Waals surface area contributed by atoms with Crippen LogP contribution in [0.25, 0.3) is 32.8 Å². The van der Waals surface area contributed by atoms with Gasteiger partial charge in [-0.3, -0.25) is 24.9 Å². The zero-order valence-electron chi connectivity index (χ0n) is 16.9. The van der Waals surface area contributed by atoms with Crippen LogP contribution in [0.3, 0.4) is 0 Å². The molecule has 3 aromatic heterocycles. The summed E-state index contributed by atoms with van der Waals surface area (Å²) in [4.78, 5) is 32.9. The zero-order chi connectivity index (χ0) is 21.7. The van der Waals surface area contributed by atoms with Crippen LogP contribution in [-0.4, -0.2) is 21.8 Å². The lowest BCUT2D eigenvalue weighted by molar-refractivity contribution is -0.134. The number of hydrogen-bond donors (Lipinski definition) is 1. The highest BCUT2D eigenvalue weighted by atomic mass is 16.5. The maximum atomic E-state index is 12.5. The van der Waals surface area contributed by atoms with E-state index in [-0.39, 0.29) is 11.8 Å². The first-order valence-electron chi connectivity index (χ1n) is 10.3. The van der Waals surface area contributed by atoms with Crippen LogP contribution in [-0.2, 0) is 9.59 Å². The lowest BCUT2D eigenvalue weighted by Gasteiger charge is -2.20. The van der Waals surface area contributed by atoms with Gasteiger partial charge in [0.1, 0.15) is 17.1 Å². The van der Waals surface area contributed by atoms with Crippen LogP contribution in [0.4, 0.5) is 0 Å². The number of aromatic nitrogens is 2. The van der Waals surface area contributed by atoms with Crippen molar-refractivity contribution in [1.29, 1.82) is 0 Å². The van der Waals surface area contributed by atoms with Gasteiger partial charge in [0.05, 0.1) is 29.4 Å². The van der Waals surface area contributed by atoms with Crippen molar-refractivity contribution in [1.82, 2.24) is 15.3 Å². The second kappa shape index (κ2) is 7.16. The number of nitrogens with zero attached hydrogens (tertiary/aromatic N) is 2. The molecule has 0 bridgehead atoms. The zero-order valence-corrected chi connectivity index (χ0v) is 16.9. The van der Waals surface area contributed by atoms with Gasteiger partial charge in [0.15, 0.2) is 0 Å². The Morgan fingerprint density at radius 3 is 2.81 bits per heavy atom. The molecule has 1 aliphatic heterocycles. The summed E-state index contributed by atoms with van der Waals surface area (Å²) in [6.07, 6.45) is 5.79. The Hall–Kier alpha value is -4.26. The molecule has 156 valence electrons. The SMILES string of the molecule is O=C1CCC(c2coc3ccc4ncc(Oc5ccc6ncccc6c5)cc4c23)C(=O)N1. The van der Waals surface area contributed by atoms with Gasteiger partial charge < -0.3 is 9.15 Å². The van der Waals surface area contributed by atoms with E-state index in [1.54, 1.807) is 18.7 Å². The van der Waals surface area contributed by atoms with Gasteiger partial charge in [-0.25, -0.2) is 0 Å². The molecule has 1 atom stereocenters. The van der Waals surface area contributed by atoms with Crippen LogP contribution in [0, 0.1) is 0 Å². The molecule has 1 aliphatic rings. The second-order valence-electron chi connectivity index (χ2n) is 7.83. The van der Waals surface area contributed by atoms with Gasteiger partial charge in [-0.15, -0.1) is 0 Å². The molecule has 0 radical (unpaired) electrons. The fourth-order valence-corrected chi connectivity index (χ4v) is 4.30. The Bertz CT molecular complexity index is 1540. The topological polar surface area (TPSA) is 94.3 Å². The van der Waals surface area contributed by atoms with Crippen molar-refractivity contribution in [3.05, 3.63) is 72.8 Å². The van der Waals surface area contributed by atoms with Gasteiger partial charge in [0.25, 0.3) is 0 Å². The lowest BCUT2D eigenvalue weighted by atomic mass is 9.89. The van der Waals surface area contributed by atoms with Crippen molar-refractivity contribution >= 4 is 44.6 Å². The van der Waals surface area contributed by atoms with Crippen LogP contribution in [0.5, 0.6) is 11.5 Å². The highest BCUT2D eigenvalue weighted by Gasteiger charge is 2.31. The van der Waals surface area contributed by atoms with E-state index in [9.17, 15) is 9.59 Å². The van der Waals surface area contributed by atoms with E-state index in [0.29, 0.717) is 29.9 Å². The number of furan rings is 1. The van der Waals surface area contributed by atoms with Crippen LogP contribution in [0.1, 0.15) is 24.3 Å². The summed E-state index contributed by atoms with van der Waals surface area (Å²) in [6.45, 7) is 0. The maximum Gasteiger partial charge on any atom is 0.234 e. The number of imide groups is 1. The van der Waals surface area contributed by atoms with Gasteiger partial charge in [-0.05, 0) is 48.9 Å². The molecule has 7 heteroatoms. The smallest absolute Gasteiger partial charge is 0.234 e. The predicted octanol–water partition coefficient (Wildman–Crippen LogP) is 4.84. The molecule has 0 spiro atoms. The minimum absolute atomic E-state index is 0.244. The van der Waals surface area contributed by atoms with Crippen LogP contribution in [0.15, 0.2) is 71.6 Å². The minimum Gasteiger partial charge on any atom is -0.464 e. The van der Waals surface area contributed by atoms with Crippen molar-refractivity contribution < 1.29 is 18.7 Å². The Labute approximate surface area is 182 Å².